The molecular formula is C16H24BrN. The van der Waals surface area contributed by atoms with Crippen LogP contribution in [-0.4, -0.2) is 23.3 Å². The summed E-state index contributed by atoms with van der Waals surface area (Å²) in [4.78, 5) is 2.64. The van der Waals surface area contributed by atoms with Gasteiger partial charge in [0, 0.05) is 18.4 Å². The van der Waals surface area contributed by atoms with Crippen LogP contribution in [0.15, 0.2) is 24.3 Å². The Morgan fingerprint density at radius 2 is 1.94 bits per heavy atom. The third-order valence-electron chi connectivity index (χ3n) is 4.07. The number of halogens is 1. The first-order chi connectivity index (χ1) is 8.70. The van der Waals surface area contributed by atoms with Crippen LogP contribution in [0.2, 0.25) is 0 Å². The highest BCUT2D eigenvalue weighted by atomic mass is 79.9. The van der Waals surface area contributed by atoms with Crippen LogP contribution < -0.4 is 0 Å². The summed E-state index contributed by atoms with van der Waals surface area (Å²) in [5, 5.41) is 1.11. The van der Waals surface area contributed by atoms with Gasteiger partial charge in [0.15, 0.2) is 0 Å². The molecule has 0 aromatic heterocycles. The van der Waals surface area contributed by atoms with Crippen LogP contribution in [-0.2, 0) is 13.0 Å². The lowest BCUT2D eigenvalue weighted by atomic mass is 9.97. The standard InChI is InChI=1S/C16H24BrN/c1-13(2)16(10-17)12-18-9-5-8-14-6-3-4-7-15(14)11-18/h3-4,6-7,13,16H,5,8-12H2,1-2H3. The molecule has 2 heteroatoms. The van der Waals surface area contributed by atoms with Crippen LogP contribution in [0, 0.1) is 11.8 Å². The van der Waals surface area contributed by atoms with Gasteiger partial charge in [0.2, 0.25) is 0 Å². The fourth-order valence-corrected chi connectivity index (χ4v) is 3.65. The molecule has 1 heterocycles. The number of hydrogen-bond donors (Lipinski definition) is 0. The molecule has 1 aliphatic heterocycles. The molecule has 1 aromatic rings. The Labute approximate surface area is 120 Å². The first-order valence-electron chi connectivity index (χ1n) is 7.05. The molecule has 0 saturated carbocycles. The van der Waals surface area contributed by atoms with Crippen LogP contribution in [0.3, 0.4) is 0 Å². The maximum atomic E-state index is 3.67. The van der Waals surface area contributed by atoms with Gasteiger partial charge in [-0.1, -0.05) is 54.0 Å². The van der Waals surface area contributed by atoms with Crippen molar-refractivity contribution in [3.05, 3.63) is 35.4 Å². The molecule has 0 bridgehead atoms. The average molecular weight is 310 g/mol. The molecule has 0 aliphatic carbocycles. The van der Waals surface area contributed by atoms with Crippen LogP contribution >= 0.6 is 15.9 Å². The van der Waals surface area contributed by atoms with Gasteiger partial charge in [-0.3, -0.25) is 4.90 Å². The van der Waals surface area contributed by atoms with E-state index in [0.29, 0.717) is 0 Å². The summed E-state index contributed by atoms with van der Waals surface area (Å²) in [5.74, 6) is 1.51. The van der Waals surface area contributed by atoms with Crippen molar-refractivity contribution in [2.24, 2.45) is 11.8 Å². The molecule has 0 radical (unpaired) electrons. The van der Waals surface area contributed by atoms with Gasteiger partial charge in [0.25, 0.3) is 0 Å². The molecule has 0 N–H and O–H groups in total. The second-order valence-corrected chi connectivity index (χ2v) is 6.41. The third-order valence-corrected chi connectivity index (χ3v) is 4.90. The Bertz CT molecular complexity index is 375. The van der Waals surface area contributed by atoms with Crippen molar-refractivity contribution in [2.45, 2.75) is 33.2 Å². The quantitative estimate of drug-likeness (QED) is 0.757. The van der Waals surface area contributed by atoms with Crippen molar-refractivity contribution in [1.29, 1.82) is 0 Å². The molecular weight excluding hydrogens is 286 g/mol. The number of nitrogens with zero attached hydrogens (tertiary/aromatic N) is 1. The van der Waals surface area contributed by atoms with E-state index in [1.807, 2.05) is 0 Å². The number of fused-ring (bicyclic) bond motifs is 1. The molecule has 1 unspecified atom stereocenters. The van der Waals surface area contributed by atoms with Crippen molar-refractivity contribution < 1.29 is 0 Å². The molecule has 1 aromatic carbocycles. The minimum absolute atomic E-state index is 0.753. The Kier molecular flexibility index (Phi) is 5.25. The zero-order valence-corrected chi connectivity index (χ0v) is 13.1. The van der Waals surface area contributed by atoms with E-state index in [-0.39, 0.29) is 0 Å². The minimum Gasteiger partial charge on any atom is -0.299 e. The zero-order valence-electron chi connectivity index (χ0n) is 11.5. The van der Waals surface area contributed by atoms with E-state index in [0.717, 1.165) is 23.7 Å². The van der Waals surface area contributed by atoms with Crippen LogP contribution in [0.25, 0.3) is 0 Å². The van der Waals surface area contributed by atoms with E-state index in [2.05, 4.69) is 58.9 Å². The van der Waals surface area contributed by atoms with Crippen LogP contribution in [0.1, 0.15) is 31.4 Å². The lowest BCUT2D eigenvalue weighted by Crippen LogP contribution is -2.32. The summed E-state index contributed by atoms with van der Waals surface area (Å²) in [5.41, 5.74) is 3.09. The summed E-state index contributed by atoms with van der Waals surface area (Å²) in [6, 6.07) is 8.94. The van der Waals surface area contributed by atoms with E-state index < -0.39 is 0 Å². The largest absolute Gasteiger partial charge is 0.299 e. The average Bonchev–Trinajstić information content (AvgIpc) is 2.57. The van der Waals surface area contributed by atoms with Crippen molar-refractivity contribution >= 4 is 15.9 Å². The summed E-state index contributed by atoms with van der Waals surface area (Å²) in [7, 11) is 0. The second kappa shape index (κ2) is 6.72. The number of aryl methyl sites for hydroxylation is 1. The van der Waals surface area contributed by atoms with Gasteiger partial charge in [-0.2, -0.15) is 0 Å². The third kappa shape index (κ3) is 3.58. The summed E-state index contributed by atoms with van der Waals surface area (Å²) in [6.07, 6.45) is 2.54. The first-order valence-corrected chi connectivity index (χ1v) is 8.18. The first kappa shape index (κ1) is 14.1. The maximum absolute atomic E-state index is 3.67. The molecule has 1 aliphatic rings. The Balaban J connectivity index is 2.03. The predicted molar refractivity (Wildman–Crippen MR) is 82.2 cm³/mol. The van der Waals surface area contributed by atoms with Crippen molar-refractivity contribution in [3.8, 4) is 0 Å². The topological polar surface area (TPSA) is 3.24 Å². The highest BCUT2D eigenvalue weighted by molar-refractivity contribution is 9.09. The molecule has 0 fully saturated rings. The Morgan fingerprint density at radius 1 is 1.22 bits per heavy atom. The zero-order chi connectivity index (χ0) is 13.0. The van der Waals surface area contributed by atoms with Gasteiger partial charge in [0.1, 0.15) is 0 Å². The number of alkyl halides is 1. The SMILES string of the molecule is CC(C)C(CBr)CN1CCCc2ccccc2C1. The highest BCUT2D eigenvalue weighted by Crippen LogP contribution is 2.22. The van der Waals surface area contributed by atoms with Crippen molar-refractivity contribution in [2.75, 3.05) is 18.4 Å². The monoisotopic (exact) mass is 309 g/mol. The fraction of sp³-hybridized carbons (Fsp3) is 0.625. The predicted octanol–water partition coefficient (Wildman–Crippen LogP) is 4.10. The van der Waals surface area contributed by atoms with Gasteiger partial charge in [-0.25, -0.2) is 0 Å². The lowest BCUT2D eigenvalue weighted by Gasteiger charge is -2.27. The number of hydrogen-bond acceptors (Lipinski definition) is 1. The van der Waals surface area contributed by atoms with E-state index >= 15 is 0 Å². The molecule has 0 amide bonds. The van der Waals surface area contributed by atoms with E-state index in [1.54, 1.807) is 5.56 Å². The van der Waals surface area contributed by atoms with Crippen LogP contribution in [0.5, 0.6) is 0 Å². The number of benzene rings is 1. The molecule has 18 heavy (non-hydrogen) atoms. The van der Waals surface area contributed by atoms with Gasteiger partial charge in [-0.05, 0) is 42.3 Å². The maximum Gasteiger partial charge on any atom is 0.0236 e. The molecule has 1 atom stereocenters. The summed E-state index contributed by atoms with van der Waals surface area (Å²) in [6.45, 7) is 8.25. The second-order valence-electron chi connectivity index (χ2n) is 5.77. The van der Waals surface area contributed by atoms with Crippen LogP contribution in [0.4, 0.5) is 0 Å². The molecule has 2 rings (SSSR count). The fourth-order valence-electron chi connectivity index (χ4n) is 2.69. The molecule has 0 spiro atoms. The molecule has 1 nitrogen and oxygen atoms in total. The normalized spacial score (nSPS) is 18.4. The molecule has 100 valence electrons. The van der Waals surface area contributed by atoms with Gasteiger partial charge in [-0.15, -0.1) is 0 Å². The molecule has 0 saturated heterocycles. The van der Waals surface area contributed by atoms with Gasteiger partial charge < -0.3 is 0 Å². The Morgan fingerprint density at radius 3 is 2.61 bits per heavy atom. The highest BCUT2D eigenvalue weighted by Gasteiger charge is 2.19. The van der Waals surface area contributed by atoms with Gasteiger partial charge in [0.05, 0.1) is 0 Å². The van der Waals surface area contributed by atoms with E-state index in [9.17, 15) is 0 Å². The Hall–Kier alpha value is -0.340. The minimum atomic E-state index is 0.753. The van der Waals surface area contributed by atoms with Gasteiger partial charge >= 0.3 is 0 Å². The number of rotatable bonds is 4. The summed E-state index contributed by atoms with van der Waals surface area (Å²) < 4.78 is 0. The van der Waals surface area contributed by atoms with E-state index in [1.165, 1.54) is 31.5 Å². The summed E-state index contributed by atoms with van der Waals surface area (Å²) >= 11 is 3.67. The van der Waals surface area contributed by atoms with E-state index in [4.69, 9.17) is 0 Å². The lowest BCUT2D eigenvalue weighted by molar-refractivity contribution is 0.210. The van der Waals surface area contributed by atoms with Crippen molar-refractivity contribution in [1.82, 2.24) is 4.90 Å². The smallest absolute Gasteiger partial charge is 0.0236 e. The van der Waals surface area contributed by atoms with Crippen molar-refractivity contribution in [3.63, 3.8) is 0 Å².